The number of aromatic nitrogens is 6. The number of aromatic amines is 1. The summed E-state index contributed by atoms with van der Waals surface area (Å²) in [7, 11) is 1.84. The molecule has 0 spiro atoms. The molecule has 0 bridgehead atoms. The third-order valence-electron chi connectivity index (χ3n) is 7.37. The summed E-state index contributed by atoms with van der Waals surface area (Å²) in [6, 6.07) is 4.19. The third kappa shape index (κ3) is 4.76. The van der Waals surface area contributed by atoms with Crippen molar-refractivity contribution >= 4 is 17.0 Å². The summed E-state index contributed by atoms with van der Waals surface area (Å²) < 4.78 is 3.57. The lowest BCUT2D eigenvalue weighted by molar-refractivity contribution is 0.172. The fourth-order valence-corrected chi connectivity index (χ4v) is 5.66. The third-order valence-corrected chi connectivity index (χ3v) is 7.37. The maximum absolute atomic E-state index is 12.9. The Kier molecular flexibility index (Phi) is 6.22. The zero-order valence-electron chi connectivity index (χ0n) is 21.0. The van der Waals surface area contributed by atoms with Crippen molar-refractivity contribution in [2.45, 2.75) is 58.9 Å². The molecule has 0 aliphatic carbocycles. The quantitative estimate of drug-likeness (QED) is 0.622. The molecule has 3 aromatic heterocycles. The molecule has 0 aromatic carbocycles. The van der Waals surface area contributed by atoms with E-state index in [9.17, 15) is 4.79 Å². The summed E-state index contributed by atoms with van der Waals surface area (Å²) >= 11 is 0. The number of H-pyrrole nitrogens is 1. The van der Waals surface area contributed by atoms with Gasteiger partial charge in [-0.2, -0.15) is 0 Å². The number of piperidine rings is 2. The Bertz CT molecular complexity index is 1160. The number of likely N-dealkylation sites (tertiary alicyclic amines) is 1. The number of rotatable bonds is 5. The molecule has 0 amide bonds. The van der Waals surface area contributed by atoms with E-state index in [0.29, 0.717) is 18.4 Å². The van der Waals surface area contributed by atoms with Crippen molar-refractivity contribution in [3.05, 3.63) is 34.8 Å². The molecule has 5 heterocycles. The van der Waals surface area contributed by atoms with Crippen LogP contribution in [-0.2, 0) is 13.6 Å². The minimum atomic E-state index is 0.0137. The number of aryl methyl sites for hydroxylation is 1. The summed E-state index contributed by atoms with van der Waals surface area (Å²) in [5.74, 6) is 3.18. The molecule has 1 unspecified atom stereocenters. The van der Waals surface area contributed by atoms with Crippen LogP contribution < -0.4 is 10.6 Å². The molecule has 2 aliphatic rings. The van der Waals surface area contributed by atoms with Crippen LogP contribution in [0.5, 0.6) is 0 Å². The molecule has 3 aromatic rings. The first kappa shape index (κ1) is 23.1. The molecule has 2 saturated heterocycles. The van der Waals surface area contributed by atoms with E-state index in [2.05, 4.69) is 57.9 Å². The highest BCUT2D eigenvalue weighted by molar-refractivity contribution is 5.74. The first-order valence-corrected chi connectivity index (χ1v) is 12.7. The molecule has 184 valence electrons. The Morgan fingerprint density at radius 2 is 1.91 bits per heavy atom. The van der Waals surface area contributed by atoms with Crippen molar-refractivity contribution in [2.24, 2.45) is 18.4 Å². The topological polar surface area (TPSA) is 87.9 Å². The molecule has 0 saturated carbocycles. The maximum atomic E-state index is 12.9. The highest BCUT2D eigenvalue weighted by Crippen LogP contribution is 2.28. The number of pyridine rings is 1. The van der Waals surface area contributed by atoms with Crippen molar-refractivity contribution in [3.63, 3.8) is 0 Å². The Morgan fingerprint density at radius 3 is 2.62 bits per heavy atom. The molecule has 2 aliphatic heterocycles. The molecule has 5 rings (SSSR count). The van der Waals surface area contributed by atoms with Gasteiger partial charge in [0.05, 0.1) is 5.52 Å². The van der Waals surface area contributed by atoms with Crippen LogP contribution in [0, 0.1) is 11.3 Å². The molecule has 1 N–H and O–H groups in total. The van der Waals surface area contributed by atoms with Gasteiger partial charge in [0.2, 0.25) is 0 Å². The van der Waals surface area contributed by atoms with Crippen LogP contribution in [0.25, 0.3) is 11.2 Å². The van der Waals surface area contributed by atoms with E-state index in [0.717, 1.165) is 68.4 Å². The SMILES string of the molecule is Cn1c(=O)n(CC(C)(C)C)c2ccc(N3CCCC(CN4CCC(c5nnc[nH]5)CC4)C3)nc21. The smallest absolute Gasteiger partial charge is 0.330 e. The van der Waals surface area contributed by atoms with Crippen LogP contribution >= 0.6 is 0 Å². The monoisotopic (exact) mass is 466 g/mol. The zero-order chi connectivity index (χ0) is 23.9. The average molecular weight is 467 g/mol. The zero-order valence-corrected chi connectivity index (χ0v) is 21.0. The van der Waals surface area contributed by atoms with Crippen LogP contribution in [0.2, 0.25) is 0 Å². The van der Waals surface area contributed by atoms with E-state index < -0.39 is 0 Å². The van der Waals surface area contributed by atoms with Crippen LogP contribution in [0.15, 0.2) is 23.3 Å². The van der Waals surface area contributed by atoms with Gasteiger partial charge in [-0.1, -0.05) is 20.8 Å². The van der Waals surface area contributed by atoms with Gasteiger partial charge >= 0.3 is 5.69 Å². The molecule has 9 heteroatoms. The lowest BCUT2D eigenvalue weighted by atomic mass is 9.93. The lowest BCUT2D eigenvalue weighted by Gasteiger charge is -2.38. The second kappa shape index (κ2) is 9.17. The van der Waals surface area contributed by atoms with Crippen LogP contribution in [-0.4, -0.2) is 66.9 Å². The van der Waals surface area contributed by atoms with Gasteiger partial charge in [-0.15, -0.1) is 10.2 Å². The van der Waals surface area contributed by atoms with Crippen molar-refractivity contribution in [1.29, 1.82) is 0 Å². The van der Waals surface area contributed by atoms with Crippen LogP contribution in [0.3, 0.4) is 0 Å². The minimum Gasteiger partial charge on any atom is -0.356 e. The van der Waals surface area contributed by atoms with E-state index >= 15 is 0 Å². The molecular formula is C25H38N8O. The standard InChI is InChI=1S/C25H38N8O/c1-25(2,3)16-33-20-7-8-21(28-23(20)30(4)24(33)34)32-11-5-6-18(15-32)14-31-12-9-19(10-13-31)22-26-17-27-29-22/h7-8,17-19H,5-6,9-16H2,1-4H3,(H,26,27,29). The van der Waals surface area contributed by atoms with E-state index in [1.54, 1.807) is 10.9 Å². The average Bonchev–Trinajstić information content (AvgIpc) is 3.43. The molecule has 0 radical (unpaired) electrons. The van der Waals surface area contributed by atoms with Gasteiger partial charge in [-0.3, -0.25) is 9.13 Å². The Hall–Kier alpha value is -2.68. The normalized spacial score (nSPS) is 20.9. The molecule has 34 heavy (non-hydrogen) atoms. The predicted octanol–water partition coefficient (Wildman–Crippen LogP) is 3.00. The van der Waals surface area contributed by atoms with Gasteiger partial charge < -0.3 is 14.8 Å². The second-order valence-corrected chi connectivity index (χ2v) is 11.4. The molecule has 2 fully saturated rings. The summed E-state index contributed by atoms with van der Waals surface area (Å²) in [5, 5.41) is 8.16. The van der Waals surface area contributed by atoms with Crippen LogP contribution in [0.4, 0.5) is 5.82 Å². The lowest BCUT2D eigenvalue weighted by Crippen LogP contribution is -2.43. The summed E-state index contributed by atoms with van der Waals surface area (Å²) in [4.78, 5) is 26.1. The van der Waals surface area contributed by atoms with Gasteiger partial charge in [0, 0.05) is 39.1 Å². The summed E-state index contributed by atoms with van der Waals surface area (Å²) in [5.41, 5.74) is 1.75. The number of fused-ring (bicyclic) bond motifs is 1. The van der Waals surface area contributed by atoms with Gasteiger partial charge in [0.15, 0.2) is 5.65 Å². The highest BCUT2D eigenvalue weighted by atomic mass is 16.1. The Labute approximate surface area is 201 Å². The molecule has 9 nitrogen and oxygen atoms in total. The van der Waals surface area contributed by atoms with Crippen molar-refractivity contribution in [1.82, 2.24) is 34.2 Å². The van der Waals surface area contributed by atoms with Gasteiger partial charge in [0.1, 0.15) is 18.0 Å². The molecular weight excluding hydrogens is 428 g/mol. The number of hydrogen-bond acceptors (Lipinski definition) is 6. The largest absolute Gasteiger partial charge is 0.356 e. The van der Waals surface area contributed by atoms with Crippen molar-refractivity contribution in [2.75, 3.05) is 37.6 Å². The summed E-state index contributed by atoms with van der Waals surface area (Å²) in [6.45, 7) is 12.6. The van der Waals surface area contributed by atoms with Crippen molar-refractivity contribution in [3.8, 4) is 0 Å². The Balaban J connectivity index is 1.25. The minimum absolute atomic E-state index is 0.0137. The number of imidazole rings is 1. The number of anilines is 1. The summed E-state index contributed by atoms with van der Waals surface area (Å²) in [6.07, 6.45) is 6.41. The van der Waals surface area contributed by atoms with E-state index in [1.165, 1.54) is 12.8 Å². The van der Waals surface area contributed by atoms with E-state index in [-0.39, 0.29) is 11.1 Å². The molecule has 1 atom stereocenters. The first-order valence-electron chi connectivity index (χ1n) is 12.7. The maximum Gasteiger partial charge on any atom is 0.330 e. The van der Waals surface area contributed by atoms with Gasteiger partial charge in [-0.25, -0.2) is 9.78 Å². The fraction of sp³-hybridized carbons (Fsp3) is 0.680. The van der Waals surface area contributed by atoms with Gasteiger partial charge in [-0.05, 0) is 62.2 Å². The number of hydrogen-bond donors (Lipinski definition) is 1. The van der Waals surface area contributed by atoms with Crippen LogP contribution in [0.1, 0.15) is 58.2 Å². The number of nitrogens with zero attached hydrogens (tertiary/aromatic N) is 7. The fourth-order valence-electron chi connectivity index (χ4n) is 5.66. The number of nitrogens with one attached hydrogen (secondary N) is 1. The van der Waals surface area contributed by atoms with E-state index in [4.69, 9.17) is 4.98 Å². The van der Waals surface area contributed by atoms with E-state index in [1.807, 2.05) is 11.6 Å². The second-order valence-electron chi connectivity index (χ2n) is 11.4. The first-order chi connectivity index (χ1) is 16.3. The highest BCUT2D eigenvalue weighted by Gasteiger charge is 2.28. The van der Waals surface area contributed by atoms with Crippen molar-refractivity contribution < 1.29 is 0 Å². The Morgan fingerprint density at radius 1 is 1.12 bits per heavy atom. The van der Waals surface area contributed by atoms with Gasteiger partial charge in [0.25, 0.3) is 0 Å². The predicted molar refractivity (Wildman–Crippen MR) is 134 cm³/mol.